The molecule has 7 rings (SSSR count). The lowest BCUT2D eigenvalue weighted by Crippen LogP contribution is -2.69. The number of carbonyl (C=O) groups is 7. The quantitative estimate of drug-likeness (QED) is 0.0154. The van der Waals surface area contributed by atoms with E-state index < -0.39 is 87.2 Å². The van der Waals surface area contributed by atoms with Crippen molar-refractivity contribution in [2.45, 2.75) is 166 Å². The van der Waals surface area contributed by atoms with Crippen LogP contribution in [0.25, 0.3) is 31.3 Å². The lowest BCUT2D eigenvalue weighted by atomic mass is 9.35. The third-order valence-corrected chi connectivity index (χ3v) is 15.1. The predicted molar refractivity (Wildman–Crippen MR) is 295 cm³/mol. The van der Waals surface area contributed by atoms with E-state index in [1.54, 1.807) is 93.6 Å². The van der Waals surface area contributed by atoms with Crippen LogP contribution in [0.15, 0.2) is 106 Å². The number of rotatable bonds is 31. The number of nitrogens with one attached hydrogen (secondary N) is 4. The summed E-state index contributed by atoms with van der Waals surface area (Å²) in [5.41, 5.74) is 25.3. The van der Waals surface area contributed by atoms with E-state index in [0.717, 1.165) is 16.7 Å². The topological polar surface area (TPSA) is 351 Å². The van der Waals surface area contributed by atoms with Gasteiger partial charge in [-0.1, -0.05) is 106 Å². The van der Waals surface area contributed by atoms with Crippen molar-refractivity contribution in [2.75, 3.05) is 19.6 Å². The summed E-state index contributed by atoms with van der Waals surface area (Å²) in [5.74, 6) is -3.54. The van der Waals surface area contributed by atoms with Gasteiger partial charge in [-0.05, 0) is 147 Å². The third-order valence-electron chi connectivity index (χ3n) is 15.1. The summed E-state index contributed by atoms with van der Waals surface area (Å²) < 4.78 is 22.6. The maximum atomic E-state index is 14.2. The molecule has 0 heterocycles. The molecule has 0 aliphatic heterocycles. The highest BCUT2D eigenvalue weighted by molar-refractivity contribution is 5.86. The fraction of sp³-hybridized carbons (Fsp3) is 0.561. The van der Waals surface area contributed by atoms with Crippen LogP contribution < -0.4 is 21.3 Å². The number of hydrogen-bond acceptors (Lipinski definition) is 14. The summed E-state index contributed by atoms with van der Waals surface area (Å²) in [4.78, 5) is 105. The van der Waals surface area contributed by atoms with Crippen molar-refractivity contribution < 1.29 is 52.5 Å². The smallest absolute Gasteiger partial charge is 0.408 e. The molecule has 0 radical (unpaired) electrons. The van der Waals surface area contributed by atoms with Crippen molar-refractivity contribution >= 4 is 41.7 Å². The second-order valence-electron chi connectivity index (χ2n) is 22.8. The van der Waals surface area contributed by atoms with Crippen LogP contribution in [0.4, 0.5) is 4.79 Å². The van der Waals surface area contributed by atoms with E-state index in [1.165, 1.54) is 0 Å². The van der Waals surface area contributed by atoms with Crippen molar-refractivity contribution in [2.24, 2.45) is 31.6 Å². The number of alkyl carbamates (subject to hydrolysis) is 1. The zero-order valence-electron chi connectivity index (χ0n) is 46.3. The third kappa shape index (κ3) is 19.5. The molecule has 4 N–H and O–H groups in total. The van der Waals surface area contributed by atoms with Gasteiger partial charge >= 0.3 is 24.0 Å². The standard InChI is InChI=1S/C57H73N13O11/c1-53(2,3)81-52(77)67-57-37-54(25-19-46(71)64-43(22-28-61-68-58)49(74)78-31-40-13-7-4-8-14-40)34-55(38-57,26-20-47(72)65-44(23-29-62-69-59)50(75)79-32-41-15-9-5-10-16-41)36-56(35-54,39-57)27-21-48(73)66-45(24-30-63-70-60)51(76)80-33-42-17-11-6-12-18-42/h4-18,43-45H,19-39H2,1-3H3,(H,64,71)(H,65,72)(H,66,73)(H,67,77)/t43-,44-,45-,54?,55?,56?,57?/m0/s1. The van der Waals surface area contributed by atoms with Gasteiger partial charge in [0.2, 0.25) is 17.7 Å². The first-order valence-electron chi connectivity index (χ1n) is 27.3. The van der Waals surface area contributed by atoms with Crippen molar-refractivity contribution in [1.82, 2.24) is 21.3 Å². The Balaban J connectivity index is 1.28. The van der Waals surface area contributed by atoms with Crippen LogP contribution in [0.2, 0.25) is 0 Å². The Kier molecular flexibility index (Phi) is 22.3. The molecule has 4 bridgehead atoms. The lowest BCUT2D eigenvalue weighted by molar-refractivity contribution is -0.187. The van der Waals surface area contributed by atoms with E-state index in [9.17, 15) is 33.6 Å². The molecule has 81 heavy (non-hydrogen) atoms. The second kappa shape index (κ2) is 29.2. The molecule has 3 aromatic rings. The highest BCUT2D eigenvalue weighted by atomic mass is 16.6. The molecule has 24 nitrogen and oxygen atoms in total. The van der Waals surface area contributed by atoms with Crippen molar-refractivity contribution in [3.05, 3.63) is 139 Å². The highest BCUT2D eigenvalue weighted by Gasteiger charge is 2.68. The van der Waals surface area contributed by atoms with Gasteiger partial charge in [-0.25, -0.2) is 19.2 Å². The average molecular weight is 1120 g/mol. The minimum absolute atomic E-state index is 0.0257. The van der Waals surface area contributed by atoms with E-state index in [2.05, 4.69) is 51.3 Å². The van der Waals surface area contributed by atoms with Crippen LogP contribution in [0.3, 0.4) is 0 Å². The molecule has 24 heteroatoms. The number of carbonyl (C=O) groups excluding carboxylic acids is 7. The van der Waals surface area contributed by atoms with E-state index in [-0.39, 0.29) is 97.2 Å². The minimum atomic E-state index is -1.14. The van der Waals surface area contributed by atoms with Crippen LogP contribution in [0.5, 0.6) is 0 Å². The minimum Gasteiger partial charge on any atom is -0.459 e. The van der Waals surface area contributed by atoms with Gasteiger partial charge in [0.15, 0.2) is 0 Å². The van der Waals surface area contributed by atoms with Gasteiger partial charge in [-0.2, -0.15) is 0 Å². The summed E-state index contributed by atoms with van der Waals surface area (Å²) >= 11 is 0. The van der Waals surface area contributed by atoms with Crippen LogP contribution >= 0.6 is 0 Å². The van der Waals surface area contributed by atoms with Crippen LogP contribution in [-0.4, -0.2) is 90.6 Å². The SMILES string of the molecule is CC(C)(C)OC(=O)NC12CC3(CCC(=O)N[C@@H](CCN=[N+]=[N-])C(=O)OCc4ccccc4)CC(CCC(=O)N[C@@H](CCN=[N+]=[N-])C(=O)OCc4ccccc4)(CC(CCC(=O)N[C@@H](CCN=[N+]=[N-])C(=O)OCc4ccccc4)(C3)C1)C2. The fourth-order valence-electron chi connectivity index (χ4n) is 12.6. The number of benzene rings is 3. The van der Waals surface area contributed by atoms with Gasteiger partial charge in [-0.15, -0.1) is 0 Å². The summed E-state index contributed by atoms with van der Waals surface area (Å²) in [6, 6.07) is 23.6. The number of hydrogen-bond donors (Lipinski definition) is 4. The fourth-order valence-corrected chi connectivity index (χ4v) is 12.6. The Morgan fingerprint density at radius 3 is 1.06 bits per heavy atom. The van der Waals surface area contributed by atoms with Crippen LogP contribution in [-0.2, 0) is 67.5 Å². The van der Waals surface area contributed by atoms with Crippen LogP contribution in [0.1, 0.15) is 134 Å². The summed E-state index contributed by atoms with van der Waals surface area (Å²) in [7, 11) is 0. The van der Waals surface area contributed by atoms with Crippen molar-refractivity contribution in [3.8, 4) is 0 Å². The molecule has 4 saturated carbocycles. The molecule has 432 valence electrons. The Labute approximate surface area is 470 Å². The van der Waals surface area contributed by atoms with Gasteiger partial charge in [0, 0.05) is 59.2 Å². The maximum absolute atomic E-state index is 14.2. The molecule has 4 aliphatic rings. The Bertz CT molecular complexity index is 2530. The molecule has 3 atom stereocenters. The van der Waals surface area contributed by atoms with Gasteiger partial charge in [0.05, 0.1) is 0 Å². The molecule has 4 amide bonds. The van der Waals surface area contributed by atoms with Gasteiger partial charge < -0.3 is 40.2 Å². The zero-order chi connectivity index (χ0) is 58.4. The molecule has 0 aromatic heterocycles. The van der Waals surface area contributed by atoms with E-state index >= 15 is 0 Å². The van der Waals surface area contributed by atoms with Gasteiger partial charge in [0.25, 0.3) is 0 Å². The van der Waals surface area contributed by atoms with Crippen LogP contribution in [0, 0.1) is 16.2 Å². The largest absolute Gasteiger partial charge is 0.459 e. The number of azide groups is 3. The van der Waals surface area contributed by atoms with Gasteiger partial charge in [0.1, 0.15) is 43.5 Å². The average Bonchev–Trinajstić information content (AvgIpc) is 2.98. The summed E-state index contributed by atoms with van der Waals surface area (Å²) in [5, 5.41) is 22.5. The Hall–Kier alpha value is -8.32. The van der Waals surface area contributed by atoms with E-state index in [1.807, 2.05) is 18.2 Å². The first-order chi connectivity index (χ1) is 38.8. The van der Waals surface area contributed by atoms with Crippen molar-refractivity contribution in [1.29, 1.82) is 0 Å². The number of esters is 3. The normalized spacial score (nSPS) is 21.4. The monoisotopic (exact) mass is 1120 g/mol. The maximum Gasteiger partial charge on any atom is 0.408 e. The zero-order valence-corrected chi connectivity index (χ0v) is 46.3. The molecular weight excluding hydrogens is 1040 g/mol. The lowest BCUT2D eigenvalue weighted by Gasteiger charge is -2.71. The molecular formula is C57H73N13O11. The first-order valence-corrected chi connectivity index (χ1v) is 27.3. The van der Waals surface area contributed by atoms with E-state index in [4.69, 9.17) is 35.5 Å². The number of ether oxygens (including phenoxy) is 4. The summed E-state index contributed by atoms with van der Waals surface area (Å²) in [6.07, 6.45) is 2.63. The first kappa shape index (κ1) is 61.9. The number of amides is 4. The molecule has 4 fully saturated rings. The second-order valence-corrected chi connectivity index (χ2v) is 22.8. The number of nitrogens with zero attached hydrogens (tertiary/aromatic N) is 9. The molecule has 0 unspecified atom stereocenters. The Morgan fingerprint density at radius 1 is 0.494 bits per heavy atom. The van der Waals surface area contributed by atoms with Gasteiger partial charge in [-0.3, -0.25) is 14.4 Å². The predicted octanol–water partition coefficient (Wildman–Crippen LogP) is 9.72. The Morgan fingerprint density at radius 2 is 0.790 bits per heavy atom. The van der Waals surface area contributed by atoms with E-state index in [0.29, 0.717) is 38.5 Å². The highest BCUT2D eigenvalue weighted by Crippen LogP contribution is 2.74. The molecule has 0 saturated heterocycles. The van der Waals surface area contributed by atoms with Crippen molar-refractivity contribution in [3.63, 3.8) is 0 Å². The molecule has 4 aliphatic carbocycles. The molecule has 0 spiro atoms. The summed E-state index contributed by atoms with van der Waals surface area (Å²) in [6.45, 7) is 4.82. The molecule has 3 aromatic carbocycles.